The van der Waals surface area contributed by atoms with Crippen molar-refractivity contribution < 1.29 is 14.3 Å². The maximum Gasteiger partial charge on any atom is 0.320 e. The zero-order valence-electron chi connectivity index (χ0n) is 15.5. The minimum absolute atomic E-state index is 0.0812. The zero-order valence-corrected chi connectivity index (χ0v) is 15.5. The van der Waals surface area contributed by atoms with Crippen molar-refractivity contribution in [1.29, 1.82) is 0 Å². The molecule has 136 valence electrons. The predicted octanol–water partition coefficient (Wildman–Crippen LogP) is 3.45. The van der Waals surface area contributed by atoms with Crippen LogP contribution in [0.15, 0.2) is 12.1 Å². The molecule has 2 aliphatic heterocycles. The van der Waals surface area contributed by atoms with E-state index in [0.717, 1.165) is 62.0 Å². The molecule has 5 nitrogen and oxygen atoms in total. The molecule has 0 radical (unpaired) electrons. The lowest BCUT2D eigenvalue weighted by Gasteiger charge is -2.34. The summed E-state index contributed by atoms with van der Waals surface area (Å²) in [6.07, 6.45) is 3.80. The Balaban J connectivity index is 1.65. The minimum Gasteiger partial charge on any atom is -0.426 e. The Morgan fingerprint density at radius 3 is 2.20 bits per heavy atom. The van der Waals surface area contributed by atoms with Gasteiger partial charge in [-0.25, -0.2) is 4.79 Å². The largest absolute Gasteiger partial charge is 0.426 e. The van der Waals surface area contributed by atoms with Crippen LogP contribution in [0.1, 0.15) is 42.4 Å². The average Bonchev–Trinajstić information content (AvgIpc) is 3.12. The van der Waals surface area contributed by atoms with Crippen molar-refractivity contribution >= 4 is 12.0 Å². The number of benzene rings is 1. The highest BCUT2D eigenvalue weighted by molar-refractivity contribution is 5.79. The van der Waals surface area contributed by atoms with Crippen LogP contribution in [0.2, 0.25) is 0 Å². The summed E-state index contributed by atoms with van der Waals surface area (Å²) < 4.78 is 5.73. The van der Waals surface area contributed by atoms with E-state index < -0.39 is 0 Å². The Labute approximate surface area is 149 Å². The Hall–Kier alpha value is -2.04. The van der Waals surface area contributed by atoms with E-state index in [1.165, 1.54) is 0 Å². The summed E-state index contributed by atoms with van der Waals surface area (Å²) >= 11 is 0. The van der Waals surface area contributed by atoms with Gasteiger partial charge in [-0.1, -0.05) is 17.7 Å². The van der Waals surface area contributed by atoms with Crippen LogP contribution in [0.4, 0.5) is 4.79 Å². The number of urea groups is 1. The number of carbonyl (C=O) groups excluding carboxylic acids is 2. The van der Waals surface area contributed by atoms with E-state index in [9.17, 15) is 9.59 Å². The lowest BCUT2D eigenvalue weighted by atomic mass is 9.98. The maximum atomic E-state index is 12.7. The molecule has 3 rings (SSSR count). The molecule has 2 saturated heterocycles. The van der Waals surface area contributed by atoms with Gasteiger partial charge in [0.1, 0.15) is 5.75 Å². The number of ether oxygens (including phenoxy) is 1. The fraction of sp³-hybridized carbons (Fsp3) is 0.600. The number of aryl methyl sites for hydroxylation is 3. The normalized spacial score (nSPS) is 20.7. The summed E-state index contributed by atoms with van der Waals surface area (Å²) in [6, 6.07) is 4.14. The molecule has 0 saturated carbocycles. The molecule has 0 spiro atoms. The van der Waals surface area contributed by atoms with Gasteiger partial charge >= 0.3 is 12.0 Å². The zero-order chi connectivity index (χ0) is 18.0. The lowest BCUT2D eigenvalue weighted by Crippen LogP contribution is -2.48. The second-order valence-electron chi connectivity index (χ2n) is 7.41. The molecular weight excluding hydrogens is 316 g/mol. The summed E-state index contributed by atoms with van der Waals surface area (Å²) in [7, 11) is 0. The topological polar surface area (TPSA) is 49.9 Å². The van der Waals surface area contributed by atoms with Gasteiger partial charge in [-0.2, -0.15) is 0 Å². The van der Waals surface area contributed by atoms with Crippen LogP contribution < -0.4 is 4.74 Å². The van der Waals surface area contributed by atoms with Crippen LogP contribution in [-0.2, 0) is 4.79 Å². The van der Waals surface area contributed by atoms with Gasteiger partial charge in [0.25, 0.3) is 0 Å². The summed E-state index contributed by atoms with van der Waals surface area (Å²) in [5.41, 5.74) is 3.12. The summed E-state index contributed by atoms with van der Waals surface area (Å²) in [5, 5.41) is 0. The molecule has 1 atom stereocenters. The van der Waals surface area contributed by atoms with E-state index in [1.54, 1.807) is 0 Å². The van der Waals surface area contributed by atoms with Crippen molar-refractivity contribution in [3.8, 4) is 5.75 Å². The van der Waals surface area contributed by atoms with Crippen molar-refractivity contribution in [3.05, 3.63) is 28.8 Å². The Kier molecular flexibility index (Phi) is 5.30. The monoisotopic (exact) mass is 344 g/mol. The maximum absolute atomic E-state index is 12.7. The predicted molar refractivity (Wildman–Crippen MR) is 96.8 cm³/mol. The van der Waals surface area contributed by atoms with Gasteiger partial charge in [-0.15, -0.1) is 0 Å². The van der Waals surface area contributed by atoms with Crippen LogP contribution in [0.3, 0.4) is 0 Å². The summed E-state index contributed by atoms with van der Waals surface area (Å²) in [5.74, 6) is 0.216. The fourth-order valence-electron chi connectivity index (χ4n) is 3.96. The Morgan fingerprint density at radius 1 is 0.960 bits per heavy atom. The highest BCUT2D eigenvalue weighted by atomic mass is 16.5. The Bertz CT molecular complexity index is 642. The number of esters is 1. The van der Waals surface area contributed by atoms with Crippen molar-refractivity contribution in [2.75, 3.05) is 26.2 Å². The molecular formula is C20H28N2O3. The number of hydrogen-bond donors (Lipinski definition) is 0. The molecule has 2 heterocycles. The van der Waals surface area contributed by atoms with E-state index >= 15 is 0 Å². The molecule has 2 aliphatic rings. The molecule has 2 amide bonds. The lowest BCUT2D eigenvalue weighted by molar-refractivity contribution is -0.140. The molecule has 0 N–H and O–H groups in total. The van der Waals surface area contributed by atoms with E-state index in [-0.39, 0.29) is 17.9 Å². The minimum atomic E-state index is -0.236. The van der Waals surface area contributed by atoms with Crippen LogP contribution in [-0.4, -0.2) is 48.0 Å². The third kappa shape index (κ3) is 3.97. The quantitative estimate of drug-likeness (QED) is 0.610. The second kappa shape index (κ2) is 7.46. The number of rotatable bonds is 2. The highest BCUT2D eigenvalue weighted by Crippen LogP contribution is 2.27. The van der Waals surface area contributed by atoms with E-state index in [0.29, 0.717) is 12.3 Å². The van der Waals surface area contributed by atoms with Gasteiger partial charge in [-0.3, -0.25) is 4.79 Å². The van der Waals surface area contributed by atoms with E-state index in [1.807, 2.05) is 42.7 Å². The van der Waals surface area contributed by atoms with Crippen molar-refractivity contribution in [2.24, 2.45) is 5.92 Å². The molecule has 1 aromatic carbocycles. The molecule has 1 aromatic rings. The first-order chi connectivity index (χ1) is 12.0. The molecule has 2 fully saturated rings. The van der Waals surface area contributed by atoms with E-state index in [2.05, 4.69) is 0 Å². The number of carbonyl (C=O) groups is 2. The fourth-order valence-corrected chi connectivity index (χ4v) is 3.96. The van der Waals surface area contributed by atoms with Crippen LogP contribution in [0.25, 0.3) is 0 Å². The molecule has 5 heteroatoms. The number of nitrogens with zero attached hydrogens (tertiary/aromatic N) is 2. The second-order valence-corrected chi connectivity index (χ2v) is 7.41. The van der Waals surface area contributed by atoms with Gasteiger partial charge in [0.2, 0.25) is 0 Å². The third-order valence-electron chi connectivity index (χ3n) is 5.21. The van der Waals surface area contributed by atoms with Crippen molar-refractivity contribution in [1.82, 2.24) is 9.80 Å². The summed E-state index contributed by atoms with van der Waals surface area (Å²) in [4.78, 5) is 29.0. The molecule has 0 aliphatic carbocycles. The SMILES string of the molecule is Cc1cc(C)c(OC(=O)[C@H]2CCCN(C(=O)N3CCCC3)C2)c(C)c1. The van der Waals surface area contributed by atoms with Crippen LogP contribution in [0.5, 0.6) is 5.75 Å². The molecule has 0 aromatic heterocycles. The number of likely N-dealkylation sites (tertiary alicyclic amines) is 2. The number of piperidine rings is 1. The van der Waals surface area contributed by atoms with Crippen LogP contribution in [0, 0.1) is 26.7 Å². The average molecular weight is 344 g/mol. The van der Waals surface area contributed by atoms with Gasteiger partial charge in [-0.05, 0) is 57.6 Å². The highest BCUT2D eigenvalue weighted by Gasteiger charge is 2.32. The third-order valence-corrected chi connectivity index (χ3v) is 5.21. The van der Waals surface area contributed by atoms with Crippen LogP contribution >= 0.6 is 0 Å². The Morgan fingerprint density at radius 2 is 1.56 bits per heavy atom. The molecule has 25 heavy (non-hydrogen) atoms. The number of amides is 2. The summed E-state index contributed by atoms with van der Waals surface area (Å²) in [6.45, 7) is 8.85. The van der Waals surface area contributed by atoms with Crippen molar-refractivity contribution in [3.63, 3.8) is 0 Å². The standard InChI is InChI=1S/C20H28N2O3/c1-14-11-15(2)18(16(3)12-14)25-19(23)17-7-6-10-22(13-17)20(24)21-8-4-5-9-21/h11-12,17H,4-10,13H2,1-3H3/t17-/m0/s1. The van der Waals surface area contributed by atoms with Crippen molar-refractivity contribution in [2.45, 2.75) is 46.5 Å². The van der Waals surface area contributed by atoms with Gasteiger partial charge in [0.15, 0.2) is 0 Å². The van der Waals surface area contributed by atoms with Gasteiger partial charge < -0.3 is 14.5 Å². The molecule has 0 bridgehead atoms. The number of hydrogen-bond acceptors (Lipinski definition) is 3. The first-order valence-electron chi connectivity index (χ1n) is 9.29. The van der Waals surface area contributed by atoms with Gasteiger partial charge in [0, 0.05) is 26.2 Å². The first kappa shape index (κ1) is 17.8. The molecule has 0 unspecified atom stereocenters. The van der Waals surface area contributed by atoms with Gasteiger partial charge in [0.05, 0.1) is 5.92 Å². The van der Waals surface area contributed by atoms with E-state index in [4.69, 9.17) is 4.74 Å². The first-order valence-corrected chi connectivity index (χ1v) is 9.29. The smallest absolute Gasteiger partial charge is 0.320 e.